The second-order valence-corrected chi connectivity index (χ2v) is 8.97. The number of rotatable bonds is 8. The van der Waals surface area contributed by atoms with E-state index in [1.54, 1.807) is 4.90 Å². The Morgan fingerprint density at radius 2 is 2.21 bits per heavy atom. The first-order valence-electron chi connectivity index (χ1n) is 10.3. The molecule has 0 aliphatic carbocycles. The minimum Gasteiger partial charge on any atom is -0.449 e. The molecule has 29 heavy (non-hydrogen) atoms. The van der Waals surface area contributed by atoms with Crippen molar-refractivity contribution < 1.29 is 14.3 Å². The third kappa shape index (κ3) is 5.82. The van der Waals surface area contributed by atoms with E-state index in [0.717, 1.165) is 36.2 Å². The summed E-state index contributed by atoms with van der Waals surface area (Å²) in [4.78, 5) is 28.0. The van der Waals surface area contributed by atoms with Gasteiger partial charge in [0, 0.05) is 42.3 Å². The molecular formula is C21H30N4O3S. The van der Waals surface area contributed by atoms with Gasteiger partial charge in [-0.3, -0.25) is 9.48 Å². The molecular weight excluding hydrogens is 388 g/mol. The van der Waals surface area contributed by atoms with Gasteiger partial charge in [0.05, 0.1) is 17.7 Å². The van der Waals surface area contributed by atoms with Crippen LogP contribution >= 0.6 is 11.3 Å². The molecule has 0 radical (unpaired) electrons. The van der Waals surface area contributed by atoms with Crippen LogP contribution in [0.3, 0.4) is 0 Å². The third-order valence-corrected chi connectivity index (χ3v) is 5.94. The highest BCUT2D eigenvalue weighted by Gasteiger charge is 2.28. The van der Waals surface area contributed by atoms with Crippen molar-refractivity contribution in [3.63, 3.8) is 0 Å². The molecule has 0 bridgehead atoms. The molecule has 1 unspecified atom stereocenters. The highest BCUT2D eigenvalue weighted by molar-refractivity contribution is 7.17. The molecule has 3 heterocycles. The molecule has 0 aromatic carbocycles. The van der Waals surface area contributed by atoms with Crippen molar-refractivity contribution in [3.8, 4) is 10.4 Å². The molecule has 158 valence electrons. The van der Waals surface area contributed by atoms with E-state index in [0.29, 0.717) is 30.5 Å². The quantitative estimate of drug-likeness (QED) is 0.657. The number of likely N-dealkylation sites (tertiary alicyclic amines) is 1. The summed E-state index contributed by atoms with van der Waals surface area (Å²) in [6.07, 6.45) is 6.19. The lowest BCUT2D eigenvalue weighted by molar-refractivity contribution is 0.0930. The lowest BCUT2D eigenvalue weighted by Crippen LogP contribution is -2.38. The number of hydrogen-bond acceptors (Lipinski definition) is 5. The summed E-state index contributed by atoms with van der Waals surface area (Å²) < 4.78 is 7.19. The maximum absolute atomic E-state index is 12.6. The Balaban J connectivity index is 1.52. The number of unbranched alkanes of at least 4 members (excludes halogenated alkanes) is 1. The van der Waals surface area contributed by atoms with Crippen molar-refractivity contribution in [1.29, 1.82) is 0 Å². The van der Waals surface area contributed by atoms with Crippen LogP contribution in [0.2, 0.25) is 0 Å². The predicted molar refractivity (Wildman–Crippen MR) is 114 cm³/mol. The Hall–Kier alpha value is -2.35. The fourth-order valence-corrected chi connectivity index (χ4v) is 4.16. The molecule has 1 aliphatic heterocycles. The van der Waals surface area contributed by atoms with E-state index in [1.165, 1.54) is 11.3 Å². The summed E-state index contributed by atoms with van der Waals surface area (Å²) in [6, 6.07) is 3.77. The van der Waals surface area contributed by atoms with Gasteiger partial charge in [-0.1, -0.05) is 27.2 Å². The van der Waals surface area contributed by atoms with Crippen LogP contribution in [0.25, 0.3) is 10.4 Å². The summed E-state index contributed by atoms with van der Waals surface area (Å²) in [6.45, 7) is 8.81. The standard InChI is InChI=1S/C21H30N4O3S/c1-4-5-10-28-21(27)24-9-8-17(14-24)23-20(26)19-7-6-18(29-19)16-11-22-25(13-16)12-15(2)3/h6-7,11,13,15,17H,4-5,8-10,12,14H2,1-3H3,(H,23,26). The molecule has 0 spiro atoms. The van der Waals surface area contributed by atoms with Crippen LogP contribution in [-0.2, 0) is 11.3 Å². The van der Waals surface area contributed by atoms with Crippen LogP contribution in [0.5, 0.6) is 0 Å². The first-order valence-corrected chi connectivity index (χ1v) is 11.1. The first-order chi connectivity index (χ1) is 14.0. The number of aromatic nitrogens is 2. The SMILES string of the molecule is CCCCOC(=O)N1CCC(NC(=O)c2ccc(-c3cnn(CC(C)C)c3)s2)C1. The Bertz CT molecular complexity index is 830. The molecule has 1 N–H and O–H groups in total. The van der Waals surface area contributed by atoms with E-state index < -0.39 is 0 Å². The third-order valence-electron chi connectivity index (χ3n) is 4.80. The second kappa shape index (κ2) is 9.91. The topological polar surface area (TPSA) is 76.5 Å². The maximum atomic E-state index is 12.6. The summed E-state index contributed by atoms with van der Waals surface area (Å²) in [5, 5.41) is 7.44. The van der Waals surface area contributed by atoms with Crippen molar-refractivity contribution in [3.05, 3.63) is 29.4 Å². The van der Waals surface area contributed by atoms with Gasteiger partial charge in [-0.05, 0) is 30.9 Å². The number of nitrogens with one attached hydrogen (secondary N) is 1. The number of amides is 2. The molecule has 1 atom stereocenters. The fraction of sp³-hybridized carbons (Fsp3) is 0.571. The van der Waals surface area contributed by atoms with Gasteiger partial charge in [0.25, 0.3) is 5.91 Å². The lowest BCUT2D eigenvalue weighted by atomic mass is 10.2. The van der Waals surface area contributed by atoms with Crippen LogP contribution in [-0.4, -0.2) is 52.4 Å². The van der Waals surface area contributed by atoms with Crippen LogP contribution in [0.15, 0.2) is 24.5 Å². The van der Waals surface area contributed by atoms with Crippen LogP contribution in [0, 0.1) is 5.92 Å². The van der Waals surface area contributed by atoms with Crippen molar-refractivity contribution >= 4 is 23.3 Å². The molecule has 2 aromatic rings. The highest BCUT2D eigenvalue weighted by Crippen LogP contribution is 2.28. The molecule has 1 saturated heterocycles. The van der Waals surface area contributed by atoms with Gasteiger partial charge in [0.2, 0.25) is 0 Å². The minimum atomic E-state index is -0.285. The molecule has 7 nitrogen and oxygen atoms in total. The van der Waals surface area contributed by atoms with Crippen LogP contribution < -0.4 is 5.32 Å². The zero-order valence-electron chi connectivity index (χ0n) is 17.4. The number of ether oxygens (including phenoxy) is 1. The van der Waals surface area contributed by atoms with Gasteiger partial charge >= 0.3 is 6.09 Å². The molecule has 2 amide bonds. The zero-order chi connectivity index (χ0) is 20.8. The van der Waals surface area contributed by atoms with Crippen molar-refractivity contribution in [2.45, 2.75) is 52.6 Å². The molecule has 8 heteroatoms. The van der Waals surface area contributed by atoms with Crippen LogP contribution in [0.4, 0.5) is 4.79 Å². The first kappa shape index (κ1) is 21.4. The van der Waals surface area contributed by atoms with Gasteiger partial charge in [-0.2, -0.15) is 5.10 Å². The van der Waals surface area contributed by atoms with Crippen molar-refractivity contribution in [2.75, 3.05) is 19.7 Å². The average molecular weight is 419 g/mol. The zero-order valence-corrected chi connectivity index (χ0v) is 18.2. The normalized spacial score (nSPS) is 16.4. The van der Waals surface area contributed by atoms with Gasteiger partial charge in [-0.25, -0.2) is 4.79 Å². The van der Waals surface area contributed by atoms with E-state index in [4.69, 9.17) is 4.74 Å². The van der Waals surface area contributed by atoms with E-state index in [-0.39, 0.29) is 18.0 Å². The fourth-order valence-electron chi connectivity index (χ4n) is 3.28. The Labute approximate surface area is 176 Å². The average Bonchev–Trinajstić information content (AvgIpc) is 3.41. The number of thiophene rings is 1. The Morgan fingerprint density at radius 3 is 2.97 bits per heavy atom. The predicted octanol–water partition coefficient (Wildman–Crippen LogP) is 4.01. The Morgan fingerprint density at radius 1 is 1.38 bits per heavy atom. The summed E-state index contributed by atoms with van der Waals surface area (Å²) in [5.41, 5.74) is 1.02. The van der Waals surface area contributed by atoms with Gasteiger partial charge < -0.3 is 15.0 Å². The van der Waals surface area contributed by atoms with Gasteiger partial charge in [0.1, 0.15) is 0 Å². The minimum absolute atomic E-state index is 0.0411. The number of carbonyl (C=O) groups is 2. The molecule has 1 aliphatic rings. The monoisotopic (exact) mass is 418 g/mol. The van der Waals surface area contributed by atoms with Crippen molar-refractivity contribution in [1.82, 2.24) is 20.0 Å². The molecule has 2 aromatic heterocycles. The van der Waals surface area contributed by atoms with E-state index in [1.807, 2.05) is 29.2 Å². The summed E-state index contributed by atoms with van der Waals surface area (Å²) in [5.74, 6) is 0.435. The molecule has 3 rings (SSSR count). The van der Waals surface area contributed by atoms with Gasteiger partial charge in [0.15, 0.2) is 0 Å². The maximum Gasteiger partial charge on any atom is 0.409 e. The smallest absolute Gasteiger partial charge is 0.409 e. The summed E-state index contributed by atoms with van der Waals surface area (Å²) in [7, 11) is 0. The second-order valence-electron chi connectivity index (χ2n) is 7.88. The lowest BCUT2D eigenvalue weighted by Gasteiger charge is -2.16. The number of hydrogen-bond donors (Lipinski definition) is 1. The van der Waals surface area contributed by atoms with E-state index in [9.17, 15) is 9.59 Å². The Kier molecular flexibility index (Phi) is 7.30. The number of carbonyl (C=O) groups excluding carboxylic acids is 2. The van der Waals surface area contributed by atoms with Crippen LogP contribution in [0.1, 0.15) is 49.7 Å². The van der Waals surface area contributed by atoms with E-state index >= 15 is 0 Å². The van der Waals surface area contributed by atoms with Crippen molar-refractivity contribution in [2.24, 2.45) is 5.92 Å². The number of nitrogens with zero attached hydrogens (tertiary/aromatic N) is 3. The summed E-state index contributed by atoms with van der Waals surface area (Å²) >= 11 is 1.46. The molecule has 0 saturated carbocycles. The van der Waals surface area contributed by atoms with E-state index in [2.05, 4.69) is 31.2 Å². The molecule has 1 fully saturated rings. The largest absolute Gasteiger partial charge is 0.449 e. The highest BCUT2D eigenvalue weighted by atomic mass is 32.1. The van der Waals surface area contributed by atoms with Gasteiger partial charge in [-0.15, -0.1) is 11.3 Å².